The topological polar surface area (TPSA) is 45.4 Å². The van der Waals surface area contributed by atoms with E-state index in [0.29, 0.717) is 11.7 Å². The summed E-state index contributed by atoms with van der Waals surface area (Å²) in [5.41, 5.74) is 6.38. The number of nitrogen functional groups attached to an aromatic ring is 1. The molecule has 0 bridgehead atoms. The van der Waals surface area contributed by atoms with Crippen LogP contribution in [0.15, 0.2) is 16.7 Å². The molecule has 1 aromatic rings. The van der Waals surface area contributed by atoms with Crippen LogP contribution in [0, 0.1) is 0 Å². The van der Waals surface area contributed by atoms with E-state index in [1.807, 2.05) is 6.07 Å². The molecule has 1 unspecified atom stereocenters. The Morgan fingerprint density at radius 3 is 2.88 bits per heavy atom. The highest BCUT2D eigenvalue weighted by molar-refractivity contribution is 9.10. The Balaban J connectivity index is 2.18. The Kier molecular flexibility index (Phi) is 3.35. The van der Waals surface area contributed by atoms with Crippen molar-refractivity contribution in [1.82, 2.24) is 9.88 Å². The molecule has 2 N–H and O–H groups in total. The molecule has 0 aromatic carbocycles. The van der Waals surface area contributed by atoms with E-state index in [2.05, 4.69) is 44.7 Å². The summed E-state index contributed by atoms with van der Waals surface area (Å²) in [4.78, 5) is 9.06. The number of rotatable bonds is 1. The molecule has 1 saturated heterocycles. The van der Waals surface area contributed by atoms with Gasteiger partial charge >= 0.3 is 0 Å². The highest BCUT2D eigenvalue weighted by Crippen LogP contribution is 2.26. The Hall–Kier alpha value is -0.810. The number of aromatic nitrogens is 1. The van der Waals surface area contributed by atoms with E-state index >= 15 is 0 Å². The molecule has 0 amide bonds. The standard InChI is InChI=1S/C11H17BrN4/c1-8-7-16(4-3-15(8)2)11-10(12)5-9(13)6-14-11/h5-6,8H,3-4,7,13H2,1-2H3. The third kappa shape index (κ3) is 2.30. The number of pyridine rings is 1. The fraction of sp³-hybridized carbons (Fsp3) is 0.545. The number of hydrogen-bond acceptors (Lipinski definition) is 4. The molecule has 0 saturated carbocycles. The lowest BCUT2D eigenvalue weighted by molar-refractivity contribution is 0.233. The zero-order valence-electron chi connectivity index (χ0n) is 9.65. The zero-order valence-corrected chi connectivity index (χ0v) is 11.2. The minimum absolute atomic E-state index is 0.556. The largest absolute Gasteiger partial charge is 0.397 e. The van der Waals surface area contributed by atoms with Gasteiger partial charge in [-0.1, -0.05) is 0 Å². The van der Waals surface area contributed by atoms with Crippen LogP contribution >= 0.6 is 15.9 Å². The second-order valence-electron chi connectivity index (χ2n) is 4.35. The van der Waals surface area contributed by atoms with Gasteiger partial charge in [-0.2, -0.15) is 0 Å². The first kappa shape index (κ1) is 11.7. The second-order valence-corrected chi connectivity index (χ2v) is 5.20. The van der Waals surface area contributed by atoms with Gasteiger partial charge in [-0.3, -0.25) is 0 Å². The molecular formula is C11H17BrN4. The van der Waals surface area contributed by atoms with Crippen molar-refractivity contribution in [1.29, 1.82) is 0 Å². The normalized spacial score (nSPS) is 22.4. The molecule has 1 aliphatic heterocycles. The van der Waals surface area contributed by atoms with Gasteiger partial charge in [-0.25, -0.2) is 4.98 Å². The van der Waals surface area contributed by atoms with Crippen LogP contribution in [0.5, 0.6) is 0 Å². The third-order valence-electron chi connectivity index (χ3n) is 3.10. The first-order valence-corrected chi connectivity index (χ1v) is 6.23. The van der Waals surface area contributed by atoms with E-state index < -0.39 is 0 Å². The van der Waals surface area contributed by atoms with Crippen molar-refractivity contribution in [2.75, 3.05) is 37.3 Å². The fourth-order valence-corrected chi connectivity index (χ4v) is 2.54. The fourth-order valence-electron chi connectivity index (χ4n) is 1.92. The van der Waals surface area contributed by atoms with E-state index in [1.165, 1.54) is 0 Å². The quantitative estimate of drug-likeness (QED) is 0.850. The second kappa shape index (κ2) is 4.59. The van der Waals surface area contributed by atoms with E-state index in [4.69, 9.17) is 5.73 Å². The van der Waals surface area contributed by atoms with Gasteiger partial charge in [0.25, 0.3) is 0 Å². The number of anilines is 2. The lowest BCUT2D eigenvalue weighted by Crippen LogP contribution is -2.50. The van der Waals surface area contributed by atoms with Crippen LogP contribution in [0.3, 0.4) is 0 Å². The summed E-state index contributed by atoms with van der Waals surface area (Å²) in [5, 5.41) is 0. The van der Waals surface area contributed by atoms with Crippen molar-refractivity contribution >= 4 is 27.4 Å². The zero-order chi connectivity index (χ0) is 11.7. The van der Waals surface area contributed by atoms with E-state index in [-0.39, 0.29) is 0 Å². The summed E-state index contributed by atoms with van der Waals surface area (Å²) in [6, 6.07) is 2.46. The molecular weight excluding hydrogens is 268 g/mol. The number of piperazine rings is 1. The first-order chi connectivity index (χ1) is 7.58. The molecule has 0 radical (unpaired) electrons. The van der Waals surface area contributed by atoms with Gasteiger partial charge in [-0.15, -0.1) is 0 Å². The molecule has 1 aromatic heterocycles. The minimum atomic E-state index is 0.556. The number of halogens is 1. The maximum Gasteiger partial charge on any atom is 0.143 e. The SMILES string of the molecule is CC1CN(c2ncc(N)cc2Br)CCN1C. The monoisotopic (exact) mass is 284 g/mol. The molecule has 2 heterocycles. The Bertz CT molecular complexity index is 382. The van der Waals surface area contributed by atoms with Crippen molar-refractivity contribution in [3.05, 3.63) is 16.7 Å². The van der Waals surface area contributed by atoms with Crippen molar-refractivity contribution in [2.24, 2.45) is 0 Å². The van der Waals surface area contributed by atoms with Gasteiger partial charge in [0, 0.05) is 25.7 Å². The molecule has 4 nitrogen and oxygen atoms in total. The number of nitrogens with zero attached hydrogens (tertiary/aromatic N) is 3. The van der Waals surface area contributed by atoms with Crippen LogP contribution in [0.1, 0.15) is 6.92 Å². The van der Waals surface area contributed by atoms with Crippen molar-refractivity contribution in [3.63, 3.8) is 0 Å². The van der Waals surface area contributed by atoms with Crippen LogP contribution in [0.4, 0.5) is 11.5 Å². The van der Waals surface area contributed by atoms with Crippen LogP contribution in [0.25, 0.3) is 0 Å². The van der Waals surface area contributed by atoms with Gasteiger partial charge in [0.1, 0.15) is 5.82 Å². The summed E-state index contributed by atoms with van der Waals surface area (Å²) in [7, 11) is 2.16. The Morgan fingerprint density at radius 2 is 2.25 bits per heavy atom. The van der Waals surface area contributed by atoms with Gasteiger partial charge in [0.05, 0.1) is 16.4 Å². The molecule has 2 rings (SSSR count). The summed E-state index contributed by atoms with van der Waals surface area (Å²) in [6.07, 6.45) is 1.71. The number of hydrogen-bond donors (Lipinski definition) is 1. The van der Waals surface area contributed by atoms with E-state index in [0.717, 1.165) is 29.9 Å². The summed E-state index contributed by atoms with van der Waals surface area (Å²) < 4.78 is 0.976. The summed E-state index contributed by atoms with van der Waals surface area (Å²) in [6.45, 7) is 5.32. The molecule has 1 fully saturated rings. The highest BCUT2D eigenvalue weighted by Gasteiger charge is 2.22. The Morgan fingerprint density at radius 1 is 1.50 bits per heavy atom. The van der Waals surface area contributed by atoms with E-state index in [1.54, 1.807) is 6.20 Å². The molecule has 1 aliphatic rings. The average molecular weight is 285 g/mol. The van der Waals surface area contributed by atoms with Gasteiger partial charge < -0.3 is 15.5 Å². The Labute approximate surface area is 105 Å². The minimum Gasteiger partial charge on any atom is -0.397 e. The van der Waals surface area contributed by atoms with Crippen LogP contribution in [-0.2, 0) is 0 Å². The van der Waals surface area contributed by atoms with Gasteiger partial charge in [0.2, 0.25) is 0 Å². The molecule has 5 heteroatoms. The van der Waals surface area contributed by atoms with Crippen molar-refractivity contribution in [3.8, 4) is 0 Å². The summed E-state index contributed by atoms with van der Waals surface area (Å²) in [5.74, 6) is 0.995. The molecule has 1 atom stereocenters. The maximum absolute atomic E-state index is 5.69. The molecule has 0 aliphatic carbocycles. The summed E-state index contributed by atoms with van der Waals surface area (Å²) >= 11 is 3.52. The molecule has 88 valence electrons. The van der Waals surface area contributed by atoms with Crippen LogP contribution in [-0.4, -0.2) is 42.6 Å². The van der Waals surface area contributed by atoms with Gasteiger partial charge in [-0.05, 0) is 36.0 Å². The van der Waals surface area contributed by atoms with Crippen molar-refractivity contribution < 1.29 is 0 Å². The number of nitrogens with two attached hydrogens (primary N) is 1. The molecule has 16 heavy (non-hydrogen) atoms. The molecule has 0 spiro atoms. The number of likely N-dealkylation sites (N-methyl/N-ethyl adjacent to an activating group) is 1. The van der Waals surface area contributed by atoms with E-state index in [9.17, 15) is 0 Å². The lowest BCUT2D eigenvalue weighted by Gasteiger charge is -2.38. The first-order valence-electron chi connectivity index (χ1n) is 5.44. The third-order valence-corrected chi connectivity index (χ3v) is 3.69. The van der Waals surface area contributed by atoms with Crippen molar-refractivity contribution in [2.45, 2.75) is 13.0 Å². The smallest absolute Gasteiger partial charge is 0.143 e. The van der Waals surface area contributed by atoms with Crippen LogP contribution in [0.2, 0.25) is 0 Å². The lowest BCUT2D eigenvalue weighted by atomic mass is 10.2. The average Bonchev–Trinajstić information content (AvgIpc) is 2.22. The predicted octanol–water partition coefficient (Wildman–Crippen LogP) is 1.57. The maximum atomic E-state index is 5.69. The van der Waals surface area contributed by atoms with Crippen LogP contribution < -0.4 is 10.6 Å². The predicted molar refractivity (Wildman–Crippen MR) is 70.7 cm³/mol. The van der Waals surface area contributed by atoms with Gasteiger partial charge in [0.15, 0.2) is 0 Å². The highest BCUT2D eigenvalue weighted by atomic mass is 79.9.